The predicted molar refractivity (Wildman–Crippen MR) is 51.0 cm³/mol. The molecule has 1 heterocycles. The zero-order valence-corrected chi connectivity index (χ0v) is 8.32. The van der Waals surface area contributed by atoms with Crippen LogP contribution in [0.25, 0.3) is 0 Å². The molecule has 0 aromatic carbocycles. The lowest BCUT2D eigenvalue weighted by molar-refractivity contribution is -0.143. The van der Waals surface area contributed by atoms with Gasteiger partial charge >= 0.3 is 12.0 Å². The molecule has 5 heteroatoms. The van der Waals surface area contributed by atoms with Crippen molar-refractivity contribution in [3.8, 4) is 0 Å². The van der Waals surface area contributed by atoms with Crippen molar-refractivity contribution in [3.05, 3.63) is 0 Å². The second kappa shape index (κ2) is 4.83. The van der Waals surface area contributed by atoms with Crippen molar-refractivity contribution in [1.82, 2.24) is 10.2 Å². The van der Waals surface area contributed by atoms with Crippen LogP contribution in [0.2, 0.25) is 0 Å². The van der Waals surface area contributed by atoms with Crippen LogP contribution >= 0.6 is 0 Å². The van der Waals surface area contributed by atoms with Gasteiger partial charge in [0.25, 0.3) is 0 Å². The van der Waals surface area contributed by atoms with Crippen LogP contribution in [0.4, 0.5) is 4.79 Å². The van der Waals surface area contributed by atoms with Crippen molar-refractivity contribution in [2.75, 3.05) is 19.6 Å². The van der Waals surface area contributed by atoms with Gasteiger partial charge in [-0.15, -0.1) is 0 Å². The molecule has 0 saturated carbocycles. The maximum absolute atomic E-state index is 11.4. The van der Waals surface area contributed by atoms with E-state index < -0.39 is 11.9 Å². The van der Waals surface area contributed by atoms with Crippen LogP contribution < -0.4 is 5.32 Å². The molecule has 2 amide bonds. The number of carboxylic acid groups (broad SMARTS) is 1. The van der Waals surface area contributed by atoms with Gasteiger partial charge in [0.2, 0.25) is 0 Å². The van der Waals surface area contributed by atoms with E-state index in [4.69, 9.17) is 5.11 Å². The summed E-state index contributed by atoms with van der Waals surface area (Å²) in [6, 6.07) is -0.154. The summed E-state index contributed by atoms with van der Waals surface area (Å²) in [6.07, 6.45) is 1.44. The lowest BCUT2D eigenvalue weighted by atomic mass is 9.99. The average molecular weight is 200 g/mol. The van der Waals surface area contributed by atoms with E-state index in [1.165, 1.54) is 0 Å². The minimum absolute atomic E-state index is 0.154. The Morgan fingerprint density at radius 1 is 1.57 bits per heavy atom. The van der Waals surface area contributed by atoms with Crippen molar-refractivity contribution in [2.45, 2.75) is 19.8 Å². The predicted octanol–water partition coefficient (Wildman–Crippen LogP) is 0.513. The van der Waals surface area contributed by atoms with Crippen LogP contribution in [0.1, 0.15) is 19.8 Å². The summed E-state index contributed by atoms with van der Waals surface area (Å²) >= 11 is 0. The lowest BCUT2D eigenvalue weighted by Crippen LogP contribution is -2.46. The maximum Gasteiger partial charge on any atom is 0.317 e. The van der Waals surface area contributed by atoms with Crippen LogP contribution in [-0.4, -0.2) is 41.6 Å². The smallest absolute Gasteiger partial charge is 0.317 e. The number of amides is 2. The fourth-order valence-electron chi connectivity index (χ4n) is 1.63. The first kappa shape index (κ1) is 10.8. The number of carbonyl (C=O) groups excluding carboxylic acids is 1. The van der Waals surface area contributed by atoms with Gasteiger partial charge in [-0.2, -0.15) is 0 Å². The normalized spacial score (nSPS) is 21.8. The third-order valence-corrected chi connectivity index (χ3v) is 2.39. The number of nitrogens with zero attached hydrogens (tertiary/aromatic N) is 1. The maximum atomic E-state index is 11.4. The third kappa shape index (κ3) is 2.61. The molecule has 80 valence electrons. The zero-order chi connectivity index (χ0) is 10.6. The summed E-state index contributed by atoms with van der Waals surface area (Å²) in [5.41, 5.74) is 0. The number of nitrogens with one attached hydrogen (secondary N) is 1. The number of hydrogen-bond acceptors (Lipinski definition) is 2. The summed E-state index contributed by atoms with van der Waals surface area (Å²) in [7, 11) is 0. The van der Waals surface area contributed by atoms with Crippen LogP contribution in [0.3, 0.4) is 0 Å². The van der Waals surface area contributed by atoms with E-state index in [1.807, 2.05) is 6.92 Å². The van der Waals surface area contributed by atoms with Gasteiger partial charge < -0.3 is 15.3 Å². The molecule has 0 radical (unpaired) electrons. The summed E-state index contributed by atoms with van der Waals surface area (Å²) in [5, 5.41) is 11.5. The molecule has 0 bridgehead atoms. The Labute approximate surface area is 83.1 Å². The highest BCUT2D eigenvalue weighted by Crippen LogP contribution is 2.16. The number of carboxylic acids is 1. The van der Waals surface area contributed by atoms with Gasteiger partial charge in [0, 0.05) is 19.6 Å². The van der Waals surface area contributed by atoms with Crippen molar-refractivity contribution >= 4 is 12.0 Å². The molecule has 2 N–H and O–H groups in total. The minimum atomic E-state index is -0.806. The van der Waals surface area contributed by atoms with Crippen molar-refractivity contribution in [2.24, 2.45) is 5.92 Å². The zero-order valence-electron chi connectivity index (χ0n) is 8.32. The number of urea groups is 1. The van der Waals surface area contributed by atoms with Crippen molar-refractivity contribution in [3.63, 3.8) is 0 Å². The molecule has 0 spiro atoms. The van der Waals surface area contributed by atoms with Crippen LogP contribution in [0.15, 0.2) is 0 Å². The summed E-state index contributed by atoms with van der Waals surface area (Å²) in [6.45, 7) is 3.42. The largest absolute Gasteiger partial charge is 0.481 e. The Bertz CT molecular complexity index is 230. The average Bonchev–Trinajstić information content (AvgIpc) is 2.18. The van der Waals surface area contributed by atoms with Gasteiger partial charge in [-0.1, -0.05) is 0 Å². The molecule has 0 aliphatic carbocycles. The number of likely N-dealkylation sites (tertiary alicyclic amines) is 1. The highest BCUT2D eigenvalue weighted by molar-refractivity contribution is 5.76. The van der Waals surface area contributed by atoms with Crippen molar-refractivity contribution in [1.29, 1.82) is 0 Å². The van der Waals surface area contributed by atoms with E-state index in [0.29, 0.717) is 26.1 Å². The Balaban J connectivity index is 2.47. The van der Waals surface area contributed by atoms with Crippen LogP contribution in [0.5, 0.6) is 0 Å². The second-order valence-corrected chi connectivity index (χ2v) is 3.46. The Kier molecular flexibility index (Phi) is 3.73. The first-order chi connectivity index (χ1) is 6.65. The topological polar surface area (TPSA) is 69.6 Å². The van der Waals surface area contributed by atoms with E-state index in [2.05, 4.69) is 5.32 Å². The number of carbonyl (C=O) groups is 2. The van der Waals surface area contributed by atoms with E-state index >= 15 is 0 Å². The number of rotatable bonds is 2. The number of piperidine rings is 1. The highest BCUT2D eigenvalue weighted by Gasteiger charge is 2.27. The van der Waals surface area contributed by atoms with Gasteiger partial charge in [-0.3, -0.25) is 4.79 Å². The molecule has 0 unspecified atom stereocenters. The molecule has 5 nitrogen and oxygen atoms in total. The highest BCUT2D eigenvalue weighted by atomic mass is 16.4. The molecular formula is C9H16N2O3. The first-order valence-corrected chi connectivity index (χ1v) is 4.90. The molecule has 1 rings (SSSR count). The fraction of sp³-hybridized carbons (Fsp3) is 0.778. The van der Waals surface area contributed by atoms with Gasteiger partial charge in [0.15, 0.2) is 0 Å². The second-order valence-electron chi connectivity index (χ2n) is 3.46. The molecule has 1 saturated heterocycles. The molecule has 1 aliphatic rings. The minimum Gasteiger partial charge on any atom is -0.481 e. The van der Waals surface area contributed by atoms with E-state index in [-0.39, 0.29) is 6.03 Å². The van der Waals surface area contributed by atoms with Crippen LogP contribution in [0, 0.1) is 5.92 Å². The SMILES string of the molecule is CCNC(=O)N1CCC[C@@H](C(=O)O)C1. The quantitative estimate of drug-likeness (QED) is 0.682. The monoisotopic (exact) mass is 200 g/mol. The molecule has 1 aliphatic heterocycles. The standard InChI is InChI=1S/C9H16N2O3/c1-2-10-9(14)11-5-3-4-7(6-11)8(12)13/h7H,2-6H2,1H3,(H,10,14)(H,12,13)/t7-/m1/s1. The summed E-state index contributed by atoms with van der Waals surface area (Å²) < 4.78 is 0. The van der Waals surface area contributed by atoms with E-state index in [0.717, 1.165) is 6.42 Å². The van der Waals surface area contributed by atoms with Gasteiger partial charge in [-0.05, 0) is 19.8 Å². The summed E-state index contributed by atoms with van der Waals surface area (Å²) in [5.74, 6) is -1.20. The van der Waals surface area contributed by atoms with Crippen molar-refractivity contribution < 1.29 is 14.7 Å². The molecule has 1 atom stereocenters. The summed E-state index contributed by atoms with van der Waals surface area (Å²) in [4.78, 5) is 23.7. The molecule has 14 heavy (non-hydrogen) atoms. The van der Waals surface area contributed by atoms with E-state index in [9.17, 15) is 9.59 Å². The molecular weight excluding hydrogens is 184 g/mol. The Hall–Kier alpha value is -1.26. The molecule has 0 aromatic heterocycles. The third-order valence-electron chi connectivity index (χ3n) is 2.39. The van der Waals surface area contributed by atoms with Gasteiger partial charge in [0.1, 0.15) is 0 Å². The Morgan fingerprint density at radius 3 is 2.86 bits per heavy atom. The fourth-order valence-corrected chi connectivity index (χ4v) is 1.63. The van der Waals surface area contributed by atoms with E-state index in [1.54, 1.807) is 4.90 Å². The number of aliphatic carboxylic acids is 1. The molecule has 0 aromatic rings. The Morgan fingerprint density at radius 2 is 2.29 bits per heavy atom. The van der Waals surface area contributed by atoms with Crippen LogP contribution in [-0.2, 0) is 4.79 Å². The number of hydrogen-bond donors (Lipinski definition) is 2. The van der Waals surface area contributed by atoms with Gasteiger partial charge in [0.05, 0.1) is 5.92 Å². The van der Waals surface area contributed by atoms with Gasteiger partial charge in [-0.25, -0.2) is 4.79 Å². The lowest BCUT2D eigenvalue weighted by Gasteiger charge is -2.30. The first-order valence-electron chi connectivity index (χ1n) is 4.90. The molecule has 1 fully saturated rings.